The molecular weight excluding hydrogens is 368 g/mol. The van der Waals surface area contributed by atoms with Crippen LogP contribution in [0, 0.1) is 0 Å². The third kappa shape index (κ3) is 9.44. The number of hydrogen-bond donors (Lipinski definition) is 3. The van der Waals surface area contributed by atoms with Crippen LogP contribution < -0.4 is 10.6 Å². The fourth-order valence-corrected chi connectivity index (χ4v) is 2.98. The Balaban J connectivity index is 2.57. The van der Waals surface area contributed by atoms with Gasteiger partial charge in [-0.3, -0.25) is 9.59 Å². The summed E-state index contributed by atoms with van der Waals surface area (Å²) in [5, 5.41) is 14.1. The lowest BCUT2D eigenvalue weighted by atomic mass is 10.1. The van der Waals surface area contributed by atoms with Gasteiger partial charge in [-0.05, 0) is 52.0 Å². The molecule has 27 heavy (non-hydrogen) atoms. The van der Waals surface area contributed by atoms with E-state index in [9.17, 15) is 19.5 Å². The number of rotatable bonds is 9. The van der Waals surface area contributed by atoms with Crippen LogP contribution in [0.5, 0.6) is 0 Å². The Labute approximate surface area is 164 Å². The van der Waals surface area contributed by atoms with Gasteiger partial charge < -0.3 is 20.5 Å². The van der Waals surface area contributed by atoms with Crippen molar-refractivity contribution in [1.82, 2.24) is 5.32 Å². The van der Waals surface area contributed by atoms with E-state index >= 15 is 0 Å². The monoisotopic (exact) mass is 396 g/mol. The van der Waals surface area contributed by atoms with Crippen molar-refractivity contribution in [3.05, 3.63) is 24.3 Å². The fourth-order valence-electron chi connectivity index (χ4n) is 2.11. The molecule has 0 saturated heterocycles. The molecule has 7 nitrogen and oxygen atoms in total. The maximum absolute atomic E-state index is 12.3. The van der Waals surface area contributed by atoms with Crippen molar-refractivity contribution in [3.63, 3.8) is 0 Å². The molecule has 2 unspecified atom stereocenters. The quantitative estimate of drug-likeness (QED) is 0.555. The van der Waals surface area contributed by atoms with Crippen LogP contribution in [0.1, 0.15) is 41.0 Å². The van der Waals surface area contributed by atoms with E-state index in [0.29, 0.717) is 5.69 Å². The molecule has 0 aliphatic carbocycles. The van der Waals surface area contributed by atoms with Gasteiger partial charge >= 0.3 is 5.97 Å². The number of hydrogen-bond acceptors (Lipinski definition) is 5. The summed E-state index contributed by atoms with van der Waals surface area (Å²) in [6.07, 6.45) is 0.196. The topological polar surface area (TPSA) is 105 Å². The largest absolute Gasteiger partial charge is 0.480 e. The van der Waals surface area contributed by atoms with E-state index in [4.69, 9.17) is 4.74 Å². The molecule has 0 aromatic heterocycles. The molecule has 1 aromatic carbocycles. The zero-order chi connectivity index (χ0) is 20.6. The first-order valence-corrected chi connectivity index (χ1v) is 9.57. The van der Waals surface area contributed by atoms with Gasteiger partial charge in [0, 0.05) is 30.5 Å². The molecular formula is C19H28N2O5S. The van der Waals surface area contributed by atoms with Crippen LogP contribution in [0.4, 0.5) is 5.69 Å². The first kappa shape index (κ1) is 23.0. The lowest BCUT2D eigenvalue weighted by Gasteiger charge is -2.22. The molecule has 0 heterocycles. The van der Waals surface area contributed by atoms with E-state index in [2.05, 4.69) is 10.6 Å². The highest BCUT2D eigenvalue weighted by atomic mass is 32.2. The molecule has 0 aliphatic heterocycles. The number of nitrogens with one attached hydrogen (secondary N) is 2. The Morgan fingerprint density at radius 2 is 1.78 bits per heavy atom. The number of ether oxygens (including phenoxy) is 1. The summed E-state index contributed by atoms with van der Waals surface area (Å²) < 4.78 is 5.54. The minimum absolute atomic E-state index is 0.154. The second-order valence-corrected chi connectivity index (χ2v) is 8.53. The third-order valence-electron chi connectivity index (χ3n) is 3.41. The highest BCUT2D eigenvalue weighted by Crippen LogP contribution is 2.25. The summed E-state index contributed by atoms with van der Waals surface area (Å²) in [4.78, 5) is 35.6. The van der Waals surface area contributed by atoms with Crippen LogP contribution in [0.3, 0.4) is 0 Å². The van der Waals surface area contributed by atoms with Crippen LogP contribution in [0.2, 0.25) is 0 Å². The van der Waals surface area contributed by atoms with Crippen LogP contribution in [-0.2, 0) is 19.1 Å². The molecule has 3 N–H and O–H groups in total. The van der Waals surface area contributed by atoms with Crippen LogP contribution in [0.15, 0.2) is 29.2 Å². The van der Waals surface area contributed by atoms with Crippen molar-refractivity contribution in [3.8, 4) is 0 Å². The average Bonchev–Trinajstić information content (AvgIpc) is 2.53. The number of aliphatic carboxylic acids is 1. The van der Waals surface area contributed by atoms with Crippen LogP contribution in [-0.4, -0.2) is 46.4 Å². The van der Waals surface area contributed by atoms with Crippen molar-refractivity contribution in [2.75, 3.05) is 11.9 Å². The van der Waals surface area contributed by atoms with Gasteiger partial charge in [0.2, 0.25) is 11.8 Å². The lowest BCUT2D eigenvalue weighted by molar-refractivity contribution is -0.142. The minimum Gasteiger partial charge on any atom is -0.480 e. The number of benzene rings is 1. The van der Waals surface area contributed by atoms with Gasteiger partial charge in [0.1, 0.15) is 6.04 Å². The predicted molar refractivity (Wildman–Crippen MR) is 106 cm³/mol. The zero-order valence-corrected chi connectivity index (χ0v) is 17.2. The second kappa shape index (κ2) is 10.3. The number of carbonyl (C=O) groups is 3. The van der Waals surface area contributed by atoms with Gasteiger partial charge in [-0.2, -0.15) is 0 Å². The molecule has 0 saturated carbocycles. The minimum atomic E-state index is -1.09. The van der Waals surface area contributed by atoms with Gasteiger partial charge in [0.15, 0.2) is 0 Å². The molecule has 0 bridgehead atoms. The summed E-state index contributed by atoms with van der Waals surface area (Å²) in [6, 6.07) is 6.10. The van der Waals surface area contributed by atoms with E-state index in [-0.39, 0.29) is 30.4 Å². The van der Waals surface area contributed by atoms with E-state index in [0.717, 1.165) is 4.90 Å². The van der Waals surface area contributed by atoms with Crippen molar-refractivity contribution >= 4 is 35.2 Å². The number of carboxylic acid groups (broad SMARTS) is 1. The molecule has 2 amide bonds. The molecule has 0 spiro atoms. The SMILES string of the molecule is CC(=O)Nc1ccc(SC(C)C(=O)NC(CCOC(C)(C)C)C(=O)O)cc1. The van der Waals surface area contributed by atoms with Gasteiger partial charge in [-0.15, -0.1) is 11.8 Å². The normalized spacial score (nSPS) is 13.5. The van der Waals surface area contributed by atoms with Gasteiger partial charge in [-0.25, -0.2) is 4.79 Å². The van der Waals surface area contributed by atoms with E-state index in [1.54, 1.807) is 31.2 Å². The molecule has 2 atom stereocenters. The number of amides is 2. The van der Waals surface area contributed by atoms with Crippen molar-refractivity contribution < 1.29 is 24.2 Å². The smallest absolute Gasteiger partial charge is 0.326 e. The molecule has 0 fully saturated rings. The Hall–Kier alpha value is -2.06. The highest BCUT2D eigenvalue weighted by molar-refractivity contribution is 8.00. The van der Waals surface area contributed by atoms with Gasteiger partial charge in [-0.1, -0.05) is 0 Å². The zero-order valence-electron chi connectivity index (χ0n) is 16.4. The van der Waals surface area contributed by atoms with Crippen molar-refractivity contribution in [1.29, 1.82) is 0 Å². The molecule has 0 aliphatic rings. The Kier molecular flexibility index (Phi) is 8.78. The summed E-state index contributed by atoms with van der Waals surface area (Å²) >= 11 is 1.31. The molecule has 1 rings (SSSR count). The van der Waals surface area contributed by atoms with Crippen LogP contribution >= 0.6 is 11.8 Å². The summed E-state index contributed by atoms with van der Waals surface area (Å²) in [6.45, 7) is 9.05. The predicted octanol–water partition coefficient (Wildman–Crippen LogP) is 2.90. The second-order valence-electron chi connectivity index (χ2n) is 7.11. The van der Waals surface area contributed by atoms with E-state index in [1.165, 1.54) is 18.7 Å². The molecule has 1 aromatic rings. The Morgan fingerprint density at radius 3 is 2.26 bits per heavy atom. The van der Waals surface area contributed by atoms with E-state index in [1.807, 2.05) is 20.8 Å². The average molecular weight is 397 g/mol. The molecule has 0 radical (unpaired) electrons. The van der Waals surface area contributed by atoms with E-state index < -0.39 is 17.3 Å². The molecule has 8 heteroatoms. The summed E-state index contributed by atoms with van der Waals surface area (Å²) in [5.74, 6) is -1.59. The fraction of sp³-hybridized carbons (Fsp3) is 0.526. The number of carbonyl (C=O) groups excluding carboxylic acids is 2. The molecule has 150 valence electrons. The first-order valence-electron chi connectivity index (χ1n) is 8.69. The number of anilines is 1. The highest BCUT2D eigenvalue weighted by Gasteiger charge is 2.24. The Morgan fingerprint density at radius 1 is 1.19 bits per heavy atom. The van der Waals surface area contributed by atoms with Gasteiger partial charge in [0.25, 0.3) is 0 Å². The number of thioether (sulfide) groups is 1. The summed E-state index contributed by atoms with van der Waals surface area (Å²) in [7, 11) is 0. The summed E-state index contributed by atoms with van der Waals surface area (Å²) in [5.41, 5.74) is 0.313. The number of carboxylic acids is 1. The van der Waals surface area contributed by atoms with Crippen LogP contribution in [0.25, 0.3) is 0 Å². The Bertz CT molecular complexity index is 655. The van der Waals surface area contributed by atoms with Crippen molar-refractivity contribution in [2.24, 2.45) is 0 Å². The standard InChI is InChI=1S/C19H28N2O5S/c1-12(27-15-8-6-14(7-9-15)20-13(2)22)17(23)21-16(18(24)25)10-11-26-19(3,4)5/h6-9,12,16H,10-11H2,1-5H3,(H,20,22)(H,21,23)(H,24,25). The van der Waals surface area contributed by atoms with Gasteiger partial charge in [0.05, 0.1) is 10.9 Å². The lowest BCUT2D eigenvalue weighted by Crippen LogP contribution is -2.44. The first-order chi connectivity index (χ1) is 12.5. The maximum atomic E-state index is 12.3. The van der Waals surface area contributed by atoms with Crippen molar-refractivity contribution in [2.45, 2.75) is 62.8 Å². The third-order valence-corrected chi connectivity index (χ3v) is 4.52. The maximum Gasteiger partial charge on any atom is 0.326 e.